The van der Waals surface area contributed by atoms with Gasteiger partial charge >= 0.3 is 5.97 Å². The molecule has 28 heavy (non-hydrogen) atoms. The third-order valence-corrected chi connectivity index (χ3v) is 4.20. The summed E-state index contributed by atoms with van der Waals surface area (Å²) in [5.74, 6) is -0.186. The Kier molecular flexibility index (Phi) is 6.01. The Labute approximate surface area is 163 Å². The Morgan fingerprint density at radius 3 is 2.46 bits per heavy atom. The topological polar surface area (TPSA) is 80.3 Å². The molecule has 0 aliphatic rings. The van der Waals surface area contributed by atoms with Crippen molar-refractivity contribution in [3.8, 4) is 0 Å². The minimum atomic E-state index is -0.458. The van der Waals surface area contributed by atoms with E-state index < -0.39 is 5.97 Å². The smallest absolute Gasteiger partial charge is 0.337 e. The zero-order valence-electron chi connectivity index (χ0n) is 15.7. The van der Waals surface area contributed by atoms with Crippen LogP contribution in [0, 0.1) is 0 Å². The van der Waals surface area contributed by atoms with Crippen molar-refractivity contribution in [1.82, 2.24) is 4.98 Å². The van der Waals surface area contributed by atoms with Crippen LogP contribution in [-0.4, -0.2) is 24.0 Å². The summed E-state index contributed by atoms with van der Waals surface area (Å²) >= 11 is 0. The molecule has 0 atom stereocenters. The summed E-state index contributed by atoms with van der Waals surface area (Å²) in [6, 6.07) is 17.9. The number of hydrogen-bond donors (Lipinski definition) is 2. The summed E-state index contributed by atoms with van der Waals surface area (Å²) in [6.45, 7) is 2.10. The molecular weight excluding hydrogens is 354 g/mol. The molecule has 3 rings (SSSR count). The van der Waals surface area contributed by atoms with E-state index in [1.165, 1.54) is 12.7 Å². The van der Waals surface area contributed by atoms with Crippen molar-refractivity contribution < 1.29 is 14.3 Å². The predicted octanol–water partition coefficient (Wildman–Crippen LogP) is 4.43. The first-order valence-electron chi connectivity index (χ1n) is 8.91. The second-order valence-electron chi connectivity index (χ2n) is 6.13. The number of carbonyl (C=O) groups excluding carboxylic acids is 2. The first kappa shape index (κ1) is 19.1. The number of nitrogens with zero attached hydrogens (tertiary/aromatic N) is 1. The Balaban J connectivity index is 1.72. The molecule has 1 heterocycles. The molecule has 0 bridgehead atoms. The number of esters is 1. The lowest BCUT2D eigenvalue weighted by Gasteiger charge is -2.09. The summed E-state index contributed by atoms with van der Waals surface area (Å²) in [7, 11) is 1.31. The number of nitrogens with one attached hydrogen (secondary N) is 2. The van der Waals surface area contributed by atoms with Crippen molar-refractivity contribution in [2.75, 3.05) is 17.7 Å². The van der Waals surface area contributed by atoms with Gasteiger partial charge in [-0.3, -0.25) is 4.79 Å². The van der Waals surface area contributed by atoms with E-state index in [1.807, 2.05) is 24.3 Å². The minimum absolute atomic E-state index is 0.297. The number of carbonyl (C=O) groups is 2. The number of benzene rings is 2. The number of aromatic nitrogens is 1. The predicted molar refractivity (Wildman–Crippen MR) is 109 cm³/mol. The first-order chi connectivity index (χ1) is 13.6. The zero-order valence-corrected chi connectivity index (χ0v) is 15.7. The van der Waals surface area contributed by atoms with Crippen LogP contribution in [0.15, 0.2) is 66.9 Å². The van der Waals surface area contributed by atoms with Gasteiger partial charge < -0.3 is 15.4 Å². The van der Waals surface area contributed by atoms with Crippen LogP contribution in [0.5, 0.6) is 0 Å². The molecule has 0 fully saturated rings. The molecule has 142 valence electrons. The summed E-state index contributed by atoms with van der Waals surface area (Å²) < 4.78 is 4.70. The van der Waals surface area contributed by atoms with Crippen molar-refractivity contribution in [2.24, 2.45) is 0 Å². The number of amides is 1. The van der Waals surface area contributed by atoms with Gasteiger partial charge in [0.2, 0.25) is 0 Å². The molecule has 6 nitrogen and oxygen atoms in total. The van der Waals surface area contributed by atoms with Crippen LogP contribution in [0.25, 0.3) is 0 Å². The maximum Gasteiger partial charge on any atom is 0.337 e. The summed E-state index contributed by atoms with van der Waals surface area (Å²) in [6.07, 6.45) is 2.55. The highest BCUT2D eigenvalue weighted by molar-refractivity contribution is 6.05. The fraction of sp³-hybridized carbons (Fsp3) is 0.136. The van der Waals surface area contributed by atoms with Gasteiger partial charge in [0.15, 0.2) is 0 Å². The van der Waals surface area contributed by atoms with Crippen LogP contribution >= 0.6 is 0 Å². The quantitative estimate of drug-likeness (QED) is 0.623. The molecule has 0 spiro atoms. The highest BCUT2D eigenvalue weighted by Gasteiger charge is 2.10. The molecule has 0 aliphatic carbocycles. The van der Waals surface area contributed by atoms with E-state index in [0.717, 1.165) is 12.1 Å². The average Bonchev–Trinajstić information content (AvgIpc) is 2.74. The van der Waals surface area contributed by atoms with Crippen LogP contribution < -0.4 is 10.6 Å². The highest BCUT2D eigenvalue weighted by Crippen LogP contribution is 2.18. The van der Waals surface area contributed by atoms with Crippen molar-refractivity contribution in [2.45, 2.75) is 13.3 Å². The van der Waals surface area contributed by atoms with Crippen LogP contribution in [-0.2, 0) is 11.2 Å². The molecule has 6 heteroatoms. The fourth-order valence-electron chi connectivity index (χ4n) is 2.66. The Bertz CT molecular complexity index is 984. The number of pyridine rings is 1. The summed E-state index contributed by atoms with van der Waals surface area (Å²) in [4.78, 5) is 28.5. The van der Waals surface area contributed by atoms with E-state index in [9.17, 15) is 9.59 Å². The fourth-order valence-corrected chi connectivity index (χ4v) is 2.66. The number of rotatable bonds is 6. The second kappa shape index (κ2) is 8.81. The number of hydrogen-bond acceptors (Lipinski definition) is 5. The van der Waals surface area contributed by atoms with Gasteiger partial charge in [0.1, 0.15) is 5.82 Å². The number of methoxy groups -OCH3 is 1. The van der Waals surface area contributed by atoms with E-state index in [2.05, 4.69) is 22.5 Å². The van der Waals surface area contributed by atoms with Crippen molar-refractivity contribution in [3.63, 3.8) is 0 Å². The second-order valence-corrected chi connectivity index (χ2v) is 6.13. The van der Waals surface area contributed by atoms with E-state index in [0.29, 0.717) is 22.6 Å². The molecule has 0 aliphatic heterocycles. The van der Waals surface area contributed by atoms with Gasteiger partial charge in [-0.25, -0.2) is 9.78 Å². The monoisotopic (exact) mass is 375 g/mol. The molecule has 0 unspecified atom stereocenters. The van der Waals surface area contributed by atoms with Gasteiger partial charge in [0.05, 0.1) is 12.7 Å². The minimum Gasteiger partial charge on any atom is -0.465 e. The molecule has 0 radical (unpaired) electrons. The van der Waals surface area contributed by atoms with E-state index >= 15 is 0 Å². The van der Waals surface area contributed by atoms with Gasteiger partial charge in [-0.05, 0) is 54.4 Å². The Morgan fingerprint density at radius 2 is 1.75 bits per heavy atom. The lowest BCUT2D eigenvalue weighted by atomic mass is 10.1. The van der Waals surface area contributed by atoms with Gasteiger partial charge in [-0.15, -0.1) is 0 Å². The van der Waals surface area contributed by atoms with Crippen molar-refractivity contribution in [1.29, 1.82) is 0 Å². The number of aryl methyl sites for hydroxylation is 1. The molecule has 1 aromatic heterocycles. The molecule has 2 N–H and O–H groups in total. The van der Waals surface area contributed by atoms with Crippen molar-refractivity contribution in [3.05, 3.63) is 83.6 Å². The van der Waals surface area contributed by atoms with E-state index in [-0.39, 0.29) is 5.91 Å². The lowest BCUT2D eigenvalue weighted by molar-refractivity contribution is 0.0600. The van der Waals surface area contributed by atoms with Crippen LogP contribution in [0.2, 0.25) is 0 Å². The Hall–Kier alpha value is -3.67. The Morgan fingerprint density at radius 1 is 0.964 bits per heavy atom. The SMILES string of the molecule is CCc1ccc(Nc2cc(C(=O)Nc3cccc(C(=O)OC)c3)ccn2)cc1. The van der Waals surface area contributed by atoms with Crippen molar-refractivity contribution >= 4 is 29.1 Å². The highest BCUT2D eigenvalue weighted by atomic mass is 16.5. The lowest BCUT2D eigenvalue weighted by Crippen LogP contribution is -2.13. The normalized spacial score (nSPS) is 10.2. The molecule has 0 saturated carbocycles. The zero-order chi connectivity index (χ0) is 19.9. The van der Waals surface area contributed by atoms with Gasteiger partial charge in [-0.1, -0.05) is 25.1 Å². The third kappa shape index (κ3) is 4.73. The molecule has 0 saturated heterocycles. The standard InChI is InChI=1S/C22H21N3O3/c1-3-15-7-9-18(10-8-15)24-20-14-16(11-12-23-20)21(26)25-19-6-4-5-17(13-19)22(27)28-2/h4-14H,3H2,1-2H3,(H,23,24)(H,25,26). The maximum absolute atomic E-state index is 12.6. The first-order valence-corrected chi connectivity index (χ1v) is 8.91. The van der Waals surface area contributed by atoms with Gasteiger partial charge in [-0.2, -0.15) is 0 Å². The molecular formula is C22H21N3O3. The van der Waals surface area contributed by atoms with E-state index in [4.69, 9.17) is 4.74 Å². The third-order valence-electron chi connectivity index (χ3n) is 4.20. The largest absolute Gasteiger partial charge is 0.465 e. The van der Waals surface area contributed by atoms with Crippen LogP contribution in [0.4, 0.5) is 17.2 Å². The molecule has 2 aromatic carbocycles. The number of ether oxygens (including phenoxy) is 1. The van der Waals surface area contributed by atoms with Gasteiger partial charge in [0, 0.05) is 23.1 Å². The van der Waals surface area contributed by atoms with Crippen LogP contribution in [0.3, 0.4) is 0 Å². The molecule has 1 amide bonds. The molecule has 3 aromatic rings. The average molecular weight is 375 g/mol. The maximum atomic E-state index is 12.6. The van der Waals surface area contributed by atoms with Crippen LogP contribution in [0.1, 0.15) is 33.2 Å². The summed E-state index contributed by atoms with van der Waals surface area (Å²) in [5.41, 5.74) is 3.47. The van der Waals surface area contributed by atoms with Gasteiger partial charge in [0.25, 0.3) is 5.91 Å². The number of anilines is 3. The summed E-state index contributed by atoms with van der Waals surface area (Å²) in [5, 5.41) is 5.98. The van der Waals surface area contributed by atoms with E-state index in [1.54, 1.807) is 42.6 Å².